The molecule has 0 saturated heterocycles. The van der Waals surface area contributed by atoms with E-state index < -0.39 is 0 Å². The summed E-state index contributed by atoms with van der Waals surface area (Å²) in [7, 11) is 0. The summed E-state index contributed by atoms with van der Waals surface area (Å²) >= 11 is 3.81. The Labute approximate surface area is 168 Å². The molecule has 1 N–H and O–H groups in total. The Hall–Kier alpha value is -2.54. The number of benzene rings is 3. The molecule has 0 saturated carbocycles. The molecule has 0 aliphatic carbocycles. The average molecular weight is 374 g/mol. The molecular weight excluding hydrogens is 346 g/mol. The minimum absolute atomic E-state index is 0.722. The van der Waals surface area contributed by atoms with Crippen LogP contribution in [0.25, 0.3) is 22.3 Å². The van der Waals surface area contributed by atoms with Gasteiger partial charge in [0.2, 0.25) is 0 Å². The van der Waals surface area contributed by atoms with Crippen molar-refractivity contribution in [2.45, 2.75) is 33.1 Å². The highest BCUT2D eigenvalue weighted by Gasteiger charge is 2.12. The molecule has 27 heavy (non-hydrogen) atoms. The zero-order valence-corrected chi connectivity index (χ0v) is 16.9. The first kappa shape index (κ1) is 20.8. The molecular formula is C25H27NS. The monoisotopic (exact) mass is 373 g/mol. The van der Waals surface area contributed by atoms with Crippen LogP contribution in [0.5, 0.6) is 0 Å². The molecule has 0 fully saturated rings. The number of rotatable bonds is 6. The highest BCUT2D eigenvalue weighted by Crippen LogP contribution is 2.34. The molecule has 0 amide bonds. The number of hydrogen-bond donors (Lipinski definition) is 1. The Bertz CT molecular complexity index is 864. The van der Waals surface area contributed by atoms with Crippen molar-refractivity contribution in [3.05, 3.63) is 84.4 Å². The molecule has 0 aliphatic heterocycles. The predicted molar refractivity (Wildman–Crippen MR) is 120 cm³/mol. The maximum Gasteiger partial charge on any atom is 0.0554 e. The second-order valence-corrected chi connectivity index (χ2v) is 6.97. The van der Waals surface area contributed by atoms with E-state index in [4.69, 9.17) is 5.41 Å². The third kappa shape index (κ3) is 5.99. The van der Waals surface area contributed by atoms with E-state index >= 15 is 0 Å². The Balaban J connectivity index is 0.000000817. The predicted octanol–water partition coefficient (Wildman–Crippen LogP) is 7.67. The van der Waals surface area contributed by atoms with Crippen LogP contribution in [-0.4, -0.2) is 5.16 Å². The summed E-state index contributed by atoms with van der Waals surface area (Å²) < 4.78 is 0. The molecule has 0 spiro atoms. The zero-order chi connectivity index (χ0) is 19.5. The van der Waals surface area contributed by atoms with Crippen molar-refractivity contribution in [3.8, 4) is 22.3 Å². The van der Waals surface area contributed by atoms with Gasteiger partial charge >= 0.3 is 0 Å². The first-order chi connectivity index (χ1) is 13.2. The van der Waals surface area contributed by atoms with E-state index in [-0.39, 0.29) is 0 Å². The van der Waals surface area contributed by atoms with E-state index in [9.17, 15) is 0 Å². The van der Waals surface area contributed by atoms with Gasteiger partial charge in [-0.2, -0.15) is 0 Å². The topological polar surface area (TPSA) is 23.9 Å². The van der Waals surface area contributed by atoms with Gasteiger partial charge in [-0.3, -0.25) is 0 Å². The Morgan fingerprint density at radius 3 is 1.96 bits per heavy atom. The molecule has 0 radical (unpaired) electrons. The van der Waals surface area contributed by atoms with Gasteiger partial charge < -0.3 is 0 Å². The molecule has 0 aromatic heterocycles. The quantitative estimate of drug-likeness (QED) is 0.348. The van der Waals surface area contributed by atoms with Crippen molar-refractivity contribution in [2.75, 3.05) is 0 Å². The molecule has 3 aromatic rings. The largest absolute Gasteiger partial charge is 0.248 e. The van der Waals surface area contributed by atoms with E-state index in [1.165, 1.54) is 40.7 Å². The van der Waals surface area contributed by atoms with Gasteiger partial charge in [0.15, 0.2) is 0 Å². The van der Waals surface area contributed by atoms with Crippen molar-refractivity contribution < 1.29 is 0 Å². The minimum atomic E-state index is 0.722. The average Bonchev–Trinajstić information content (AvgIpc) is 2.70. The highest BCUT2D eigenvalue weighted by molar-refractivity contribution is 7.78. The summed E-state index contributed by atoms with van der Waals surface area (Å²) in [6.45, 7) is 4.64. The van der Waals surface area contributed by atoms with Crippen molar-refractivity contribution in [2.24, 2.45) is 5.92 Å². The molecule has 0 bridgehead atoms. The van der Waals surface area contributed by atoms with Crippen LogP contribution in [-0.2, 0) is 6.42 Å². The molecule has 0 unspecified atom stereocenters. The van der Waals surface area contributed by atoms with Crippen molar-refractivity contribution in [1.82, 2.24) is 0 Å². The fourth-order valence-corrected chi connectivity index (χ4v) is 3.52. The molecule has 1 nitrogen and oxygen atoms in total. The van der Waals surface area contributed by atoms with E-state index in [0.717, 1.165) is 12.3 Å². The molecule has 0 aliphatic rings. The number of isothiocyanates is 1. The highest BCUT2D eigenvalue weighted by atomic mass is 32.1. The standard InChI is InChI=1S/C24H26.CHNS/c1-3-11-19(2)18-21-14-7-8-16-23(21)24-17-10-9-15-22(24)20-12-5-4-6-13-20;2-1-3/h4-10,12-17,19H,3,11,18H2,1-2H3;2H/t19-;/m1./s1. The molecule has 2 heteroatoms. The molecule has 1 atom stereocenters. The number of hydrogen-bond acceptors (Lipinski definition) is 2. The second kappa shape index (κ2) is 11.2. The third-order valence-electron chi connectivity index (χ3n) is 4.67. The van der Waals surface area contributed by atoms with Gasteiger partial charge in [0.1, 0.15) is 0 Å². The van der Waals surface area contributed by atoms with E-state index in [1.54, 1.807) is 5.16 Å². The van der Waals surface area contributed by atoms with Gasteiger partial charge in [-0.25, -0.2) is 5.41 Å². The third-order valence-corrected chi connectivity index (χ3v) is 4.67. The lowest BCUT2D eigenvalue weighted by Crippen LogP contribution is -2.01. The van der Waals surface area contributed by atoms with Gasteiger partial charge in [-0.1, -0.05) is 106 Å². The van der Waals surface area contributed by atoms with Crippen LogP contribution >= 0.6 is 12.2 Å². The first-order valence-electron chi connectivity index (χ1n) is 9.47. The van der Waals surface area contributed by atoms with Crippen molar-refractivity contribution in [1.29, 1.82) is 5.41 Å². The van der Waals surface area contributed by atoms with Crippen molar-refractivity contribution in [3.63, 3.8) is 0 Å². The van der Waals surface area contributed by atoms with Gasteiger partial charge in [0.25, 0.3) is 0 Å². The van der Waals surface area contributed by atoms with Crippen molar-refractivity contribution >= 4 is 17.4 Å². The summed E-state index contributed by atoms with van der Waals surface area (Å²) in [6, 6.07) is 28.4. The van der Waals surface area contributed by atoms with Gasteiger partial charge in [0, 0.05) is 0 Å². The smallest absolute Gasteiger partial charge is 0.0554 e. The second-order valence-electron chi connectivity index (χ2n) is 6.77. The summed E-state index contributed by atoms with van der Waals surface area (Å²) in [6.07, 6.45) is 3.69. The number of thiocarbonyl (C=S) groups is 1. The van der Waals surface area contributed by atoms with Crippen LogP contribution in [0.2, 0.25) is 0 Å². The first-order valence-corrected chi connectivity index (χ1v) is 9.88. The maximum absolute atomic E-state index is 5.77. The van der Waals surface area contributed by atoms with Crippen LogP contribution in [0.3, 0.4) is 0 Å². The van der Waals surface area contributed by atoms with Gasteiger partial charge in [0.05, 0.1) is 5.16 Å². The van der Waals surface area contributed by atoms with Gasteiger partial charge in [-0.15, -0.1) is 0 Å². The Morgan fingerprint density at radius 2 is 1.33 bits per heavy atom. The summed E-state index contributed by atoms with van der Waals surface area (Å²) in [5.74, 6) is 0.722. The Kier molecular flexibility index (Phi) is 8.64. The van der Waals surface area contributed by atoms with Crippen LogP contribution in [0, 0.1) is 11.3 Å². The van der Waals surface area contributed by atoms with Crippen LogP contribution in [0.4, 0.5) is 0 Å². The summed E-state index contributed by atoms with van der Waals surface area (Å²) in [5, 5.41) is 7.36. The number of nitrogens with one attached hydrogen (secondary N) is 1. The van der Waals surface area contributed by atoms with E-state index in [2.05, 4.69) is 105 Å². The fraction of sp³-hybridized carbons (Fsp3) is 0.240. The lowest BCUT2D eigenvalue weighted by atomic mass is 9.88. The Morgan fingerprint density at radius 1 is 0.815 bits per heavy atom. The fourth-order valence-electron chi connectivity index (χ4n) is 3.52. The SMILES string of the molecule is CCC[C@@H](C)Cc1ccccc1-c1ccccc1-c1ccccc1.N=C=S. The molecule has 138 valence electrons. The summed E-state index contributed by atoms with van der Waals surface area (Å²) in [4.78, 5) is 0. The van der Waals surface area contributed by atoms with Gasteiger partial charge in [-0.05, 0) is 52.4 Å². The molecule has 3 rings (SSSR count). The zero-order valence-electron chi connectivity index (χ0n) is 16.1. The van der Waals surface area contributed by atoms with Crippen LogP contribution in [0.15, 0.2) is 78.9 Å². The lowest BCUT2D eigenvalue weighted by Gasteiger charge is -2.17. The minimum Gasteiger partial charge on any atom is -0.248 e. The molecule has 3 aromatic carbocycles. The van der Waals surface area contributed by atoms with Crippen LogP contribution in [0.1, 0.15) is 32.3 Å². The summed E-state index contributed by atoms with van der Waals surface area (Å²) in [5.41, 5.74) is 6.77. The molecule has 0 heterocycles. The lowest BCUT2D eigenvalue weighted by molar-refractivity contribution is 0.523. The van der Waals surface area contributed by atoms with E-state index in [1.807, 2.05) is 0 Å². The van der Waals surface area contributed by atoms with Crippen LogP contribution < -0.4 is 0 Å². The normalized spacial score (nSPS) is 11.0. The van der Waals surface area contributed by atoms with E-state index in [0.29, 0.717) is 0 Å². The maximum atomic E-state index is 5.77.